The molecule has 7 heteroatoms. The van der Waals surface area contributed by atoms with Crippen molar-refractivity contribution in [1.29, 1.82) is 0 Å². The number of nitrogens with zero attached hydrogens (tertiary/aromatic N) is 2. The first-order chi connectivity index (χ1) is 12.9. The summed E-state index contributed by atoms with van der Waals surface area (Å²) < 4.78 is 23.7. The molecule has 0 saturated heterocycles. The van der Waals surface area contributed by atoms with E-state index >= 15 is 0 Å². The lowest BCUT2D eigenvalue weighted by Crippen LogP contribution is -2.14. The van der Waals surface area contributed by atoms with Crippen molar-refractivity contribution in [3.05, 3.63) is 71.8 Å². The molecule has 1 heterocycles. The minimum Gasteiger partial charge on any atom is -0.362 e. The summed E-state index contributed by atoms with van der Waals surface area (Å²) in [5.41, 5.74) is 3.08. The third-order valence-corrected chi connectivity index (χ3v) is 5.37. The smallest absolute Gasteiger partial charge is 0.238 e. The molecule has 3 N–H and O–H groups in total. The quantitative estimate of drug-likeness (QED) is 0.680. The monoisotopic (exact) mass is 382 g/mol. The maximum Gasteiger partial charge on any atom is 0.238 e. The molecule has 27 heavy (non-hydrogen) atoms. The van der Waals surface area contributed by atoms with Gasteiger partial charge in [0.1, 0.15) is 5.82 Å². The van der Waals surface area contributed by atoms with Crippen LogP contribution in [0.3, 0.4) is 0 Å². The average molecular weight is 382 g/mol. The molecule has 0 saturated carbocycles. The molecule has 3 rings (SSSR count). The Balaban J connectivity index is 1.83. The molecule has 0 amide bonds. The molecule has 1 atom stereocenters. The molecule has 0 spiro atoms. The Kier molecular flexibility index (Phi) is 5.53. The van der Waals surface area contributed by atoms with Gasteiger partial charge in [-0.2, -0.15) is 0 Å². The molecule has 0 bridgehead atoms. The maximum atomic E-state index is 11.8. The summed E-state index contributed by atoms with van der Waals surface area (Å²) in [7, 11) is -3.79. The van der Waals surface area contributed by atoms with E-state index in [2.05, 4.69) is 15.5 Å². The predicted octanol–water partition coefficient (Wildman–Crippen LogP) is 3.53. The first kappa shape index (κ1) is 19.0. The Morgan fingerprint density at radius 1 is 1.04 bits per heavy atom. The molecular formula is C20H22N4O2S. The zero-order valence-corrected chi connectivity index (χ0v) is 16.1. The number of primary sulfonamides is 1. The van der Waals surface area contributed by atoms with Gasteiger partial charge in [0.25, 0.3) is 0 Å². The van der Waals surface area contributed by atoms with Crippen molar-refractivity contribution in [1.82, 2.24) is 10.2 Å². The molecule has 140 valence electrons. The SMILES string of the molecule is CCc1ccc(-c2ccc(N[C@@H](C)c3ccccc3)nn2)cc1S(N)(=O)=O. The molecule has 0 aliphatic carbocycles. The molecular weight excluding hydrogens is 360 g/mol. The van der Waals surface area contributed by atoms with E-state index in [1.165, 1.54) is 0 Å². The number of benzene rings is 2. The van der Waals surface area contributed by atoms with Gasteiger partial charge in [-0.15, -0.1) is 10.2 Å². The molecule has 1 aromatic heterocycles. The third-order valence-electron chi connectivity index (χ3n) is 4.38. The fourth-order valence-corrected chi connectivity index (χ4v) is 3.75. The van der Waals surface area contributed by atoms with Crippen molar-refractivity contribution >= 4 is 15.8 Å². The number of hydrogen-bond donors (Lipinski definition) is 2. The highest BCUT2D eigenvalue weighted by Gasteiger charge is 2.15. The van der Waals surface area contributed by atoms with E-state index in [9.17, 15) is 8.42 Å². The Morgan fingerprint density at radius 2 is 1.78 bits per heavy atom. The zero-order chi connectivity index (χ0) is 19.4. The van der Waals surface area contributed by atoms with Crippen LogP contribution in [0, 0.1) is 0 Å². The average Bonchev–Trinajstić information content (AvgIpc) is 2.68. The Bertz CT molecular complexity index is 1020. The van der Waals surface area contributed by atoms with Crippen LogP contribution in [0.2, 0.25) is 0 Å². The van der Waals surface area contributed by atoms with Gasteiger partial charge in [0.2, 0.25) is 10.0 Å². The van der Waals surface area contributed by atoms with Gasteiger partial charge < -0.3 is 5.32 Å². The predicted molar refractivity (Wildman–Crippen MR) is 107 cm³/mol. The number of sulfonamides is 1. The first-order valence-electron chi connectivity index (χ1n) is 8.70. The number of nitrogens with two attached hydrogens (primary N) is 1. The van der Waals surface area contributed by atoms with Gasteiger partial charge in [-0.3, -0.25) is 0 Å². The van der Waals surface area contributed by atoms with E-state index in [0.29, 0.717) is 29.1 Å². The van der Waals surface area contributed by atoms with Gasteiger partial charge in [0.15, 0.2) is 0 Å². The summed E-state index contributed by atoms with van der Waals surface area (Å²) in [6.45, 7) is 3.94. The number of hydrogen-bond acceptors (Lipinski definition) is 5. The highest BCUT2D eigenvalue weighted by molar-refractivity contribution is 7.89. The second-order valence-corrected chi connectivity index (χ2v) is 7.83. The molecule has 0 aliphatic heterocycles. The van der Waals surface area contributed by atoms with Crippen LogP contribution >= 0.6 is 0 Å². The summed E-state index contributed by atoms with van der Waals surface area (Å²) in [4.78, 5) is 0.129. The minimum atomic E-state index is -3.79. The van der Waals surface area contributed by atoms with Crippen LogP contribution in [0.5, 0.6) is 0 Å². The van der Waals surface area contributed by atoms with Gasteiger partial charge in [-0.05, 0) is 42.7 Å². The zero-order valence-electron chi connectivity index (χ0n) is 15.3. The summed E-state index contributed by atoms with van der Waals surface area (Å²) in [6.07, 6.45) is 0.581. The van der Waals surface area contributed by atoms with Crippen molar-refractivity contribution in [2.45, 2.75) is 31.2 Å². The summed E-state index contributed by atoms with van der Waals surface area (Å²) in [6, 6.07) is 18.9. The third kappa shape index (κ3) is 4.50. The van der Waals surface area contributed by atoms with E-state index in [1.54, 1.807) is 18.2 Å². The summed E-state index contributed by atoms with van der Waals surface area (Å²) in [5.74, 6) is 0.645. The lowest BCUT2D eigenvalue weighted by Gasteiger charge is -2.14. The fraction of sp³-hybridized carbons (Fsp3) is 0.200. The summed E-state index contributed by atoms with van der Waals surface area (Å²) >= 11 is 0. The second-order valence-electron chi connectivity index (χ2n) is 6.30. The van der Waals surface area contributed by atoms with E-state index < -0.39 is 10.0 Å². The molecule has 0 aliphatic rings. The normalized spacial score (nSPS) is 12.6. The highest BCUT2D eigenvalue weighted by Crippen LogP contribution is 2.25. The molecule has 0 unspecified atom stereocenters. The number of rotatable bonds is 6. The highest BCUT2D eigenvalue weighted by atomic mass is 32.2. The van der Waals surface area contributed by atoms with E-state index in [-0.39, 0.29) is 10.9 Å². The van der Waals surface area contributed by atoms with Crippen molar-refractivity contribution in [2.75, 3.05) is 5.32 Å². The Morgan fingerprint density at radius 3 is 2.37 bits per heavy atom. The number of nitrogens with one attached hydrogen (secondary N) is 1. The minimum absolute atomic E-state index is 0.0872. The van der Waals surface area contributed by atoms with E-state index in [1.807, 2.05) is 56.3 Å². The maximum absolute atomic E-state index is 11.8. The van der Waals surface area contributed by atoms with Gasteiger partial charge in [-0.1, -0.05) is 49.4 Å². The van der Waals surface area contributed by atoms with Gasteiger partial charge >= 0.3 is 0 Å². The van der Waals surface area contributed by atoms with Crippen molar-refractivity contribution in [3.63, 3.8) is 0 Å². The standard InChI is InChI=1S/C20H22N4O2S/c1-3-15-9-10-17(13-19(15)27(21,25)26)18-11-12-20(24-23-18)22-14(2)16-7-5-4-6-8-16/h4-14H,3H2,1-2H3,(H,22,24)(H2,21,25,26)/t14-/m0/s1. The molecule has 6 nitrogen and oxygen atoms in total. The van der Waals surface area contributed by atoms with Gasteiger partial charge in [-0.25, -0.2) is 13.6 Å². The van der Waals surface area contributed by atoms with Crippen LogP contribution in [-0.4, -0.2) is 18.6 Å². The van der Waals surface area contributed by atoms with Crippen molar-refractivity contribution < 1.29 is 8.42 Å². The molecule has 0 radical (unpaired) electrons. The number of aromatic nitrogens is 2. The fourth-order valence-electron chi connectivity index (χ4n) is 2.88. The van der Waals surface area contributed by atoms with Crippen LogP contribution < -0.4 is 10.5 Å². The lowest BCUT2D eigenvalue weighted by atomic mass is 10.1. The van der Waals surface area contributed by atoms with Crippen LogP contribution in [0.15, 0.2) is 65.6 Å². The topological polar surface area (TPSA) is 98.0 Å². The van der Waals surface area contributed by atoms with Gasteiger partial charge in [0.05, 0.1) is 10.6 Å². The van der Waals surface area contributed by atoms with E-state index in [4.69, 9.17) is 5.14 Å². The molecule has 3 aromatic rings. The van der Waals surface area contributed by atoms with E-state index in [0.717, 1.165) is 5.56 Å². The van der Waals surface area contributed by atoms with Crippen LogP contribution in [-0.2, 0) is 16.4 Å². The largest absolute Gasteiger partial charge is 0.362 e. The second kappa shape index (κ2) is 7.85. The Hall–Kier alpha value is -2.77. The number of aryl methyl sites for hydroxylation is 1. The van der Waals surface area contributed by atoms with Crippen LogP contribution in [0.1, 0.15) is 31.0 Å². The lowest BCUT2D eigenvalue weighted by molar-refractivity contribution is 0.596. The number of anilines is 1. The van der Waals surface area contributed by atoms with Crippen LogP contribution in [0.25, 0.3) is 11.3 Å². The molecule has 0 fully saturated rings. The van der Waals surface area contributed by atoms with Crippen molar-refractivity contribution in [2.24, 2.45) is 5.14 Å². The summed E-state index contributed by atoms with van der Waals surface area (Å²) in [5, 5.41) is 17.1. The first-order valence-corrected chi connectivity index (χ1v) is 10.2. The van der Waals surface area contributed by atoms with Crippen LogP contribution in [0.4, 0.5) is 5.82 Å². The van der Waals surface area contributed by atoms with Gasteiger partial charge in [0, 0.05) is 11.6 Å². The van der Waals surface area contributed by atoms with Crippen molar-refractivity contribution in [3.8, 4) is 11.3 Å². The Labute approximate surface area is 159 Å². The molecule has 2 aromatic carbocycles.